The molecule has 3 amide bonds. The number of fused-ring (bicyclic) bond motifs is 1. The van der Waals surface area contributed by atoms with Crippen molar-refractivity contribution >= 4 is 23.7 Å². The van der Waals surface area contributed by atoms with E-state index in [0.717, 1.165) is 38.0 Å². The molecular weight excluding hydrogens is 302 g/mol. The van der Waals surface area contributed by atoms with E-state index in [1.165, 1.54) is 0 Å². The summed E-state index contributed by atoms with van der Waals surface area (Å²) in [5.74, 6) is 1.10. The molecule has 22 heavy (non-hydrogen) atoms. The summed E-state index contributed by atoms with van der Waals surface area (Å²) in [6, 6.07) is 0.515. The molecule has 7 heteroatoms. The van der Waals surface area contributed by atoms with Gasteiger partial charge in [-0.25, -0.2) is 4.79 Å². The molecule has 3 unspecified atom stereocenters. The average molecular weight is 329 g/mol. The Morgan fingerprint density at radius 3 is 3.05 bits per heavy atom. The van der Waals surface area contributed by atoms with Gasteiger partial charge in [0.2, 0.25) is 5.91 Å². The van der Waals surface area contributed by atoms with Gasteiger partial charge in [-0.2, -0.15) is 11.8 Å². The Hall–Kier alpha value is -0.950. The summed E-state index contributed by atoms with van der Waals surface area (Å²) < 4.78 is 5.32. The second-order valence-electron chi connectivity index (χ2n) is 5.83. The fourth-order valence-electron chi connectivity index (χ4n) is 2.87. The van der Waals surface area contributed by atoms with Crippen LogP contribution in [0.5, 0.6) is 0 Å². The van der Waals surface area contributed by atoms with Crippen LogP contribution in [0.1, 0.15) is 39.0 Å². The summed E-state index contributed by atoms with van der Waals surface area (Å²) in [5.41, 5.74) is 0. The first-order valence-corrected chi connectivity index (χ1v) is 9.28. The molecule has 0 bridgehead atoms. The highest BCUT2D eigenvalue weighted by molar-refractivity contribution is 8.00. The molecule has 0 aromatic heterocycles. The lowest BCUT2D eigenvalue weighted by molar-refractivity contribution is -0.121. The number of urea groups is 1. The third kappa shape index (κ3) is 5.35. The number of carbonyl (C=O) groups is 2. The highest BCUT2D eigenvalue weighted by atomic mass is 32.2. The van der Waals surface area contributed by atoms with E-state index in [0.29, 0.717) is 24.8 Å². The Balaban J connectivity index is 1.49. The summed E-state index contributed by atoms with van der Waals surface area (Å²) in [7, 11) is 0. The molecule has 0 saturated carbocycles. The number of hydrogen-bond donors (Lipinski definition) is 3. The predicted octanol–water partition coefficient (Wildman–Crippen LogP) is 1.26. The van der Waals surface area contributed by atoms with Gasteiger partial charge in [0, 0.05) is 30.6 Å². The van der Waals surface area contributed by atoms with Crippen molar-refractivity contribution in [2.24, 2.45) is 0 Å². The first-order chi connectivity index (χ1) is 10.7. The smallest absolute Gasteiger partial charge is 0.315 e. The number of carbonyl (C=O) groups excluding carboxylic acids is 2. The highest BCUT2D eigenvalue weighted by Crippen LogP contribution is 2.33. The van der Waals surface area contributed by atoms with Crippen LogP contribution in [0.15, 0.2) is 0 Å². The standard InChI is InChI=1S/C15H27N3O3S/c1-2-8-21-9-7-16-13(19)6-4-3-5-12-14-11(10-22-12)17-15(20)18-14/h11-12,14H,2-10H2,1H3,(H,16,19)(H2,17,18,20). The van der Waals surface area contributed by atoms with Crippen LogP contribution in [0.4, 0.5) is 4.79 Å². The number of ether oxygens (including phenoxy) is 1. The Morgan fingerprint density at radius 1 is 1.36 bits per heavy atom. The predicted molar refractivity (Wildman–Crippen MR) is 88.1 cm³/mol. The van der Waals surface area contributed by atoms with E-state index in [2.05, 4.69) is 22.9 Å². The molecule has 2 aliphatic heterocycles. The molecular formula is C15H27N3O3S. The maximum atomic E-state index is 11.7. The lowest BCUT2D eigenvalue weighted by atomic mass is 10.0. The molecule has 3 atom stereocenters. The van der Waals surface area contributed by atoms with Crippen molar-refractivity contribution in [3.63, 3.8) is 0 Å². The van der Waals surface area contributed by atoms with Crippen molar-refractivity contribution in [2.45, 2.75) is 56.4 Å². The van der Waals surface area contributed by atoms with Crippen LogP contribution in [-0.2, 0) is 9.53 Å². The Kier molecular flexibility index (Phi) is 7.32. The lowest BCUT2D eigenvalue weighted by Crippen LogP contribution is -2.36. The second-order valence-corrected chi connectivity index (χ2v) is 7.10. The molecule has 0 radical (unpaired) electrons. The topological polar surface area (TPSA) is 79.5 Å². The molecule has 6 nitrogen and oxygen atoms in total. The Morgan fingerprint density at radius 2 is 2.23 bits per heavy atom. The molecule has 3 N–H and O–H groups in total. The first-order valence-electron chi connectivity index (χ1n) is 8.23. The number of amides is 3. The van der Waals surface area contributed by atoms with Gasteiger partial charge in [-0.15, -0.1) is 0 Å². The maximum Gasteiger partial charge on any atom is 0.315 e. The normalized spacial score (nSPS) is 26.4. The van der Waals surface area contributed by atoms with Gasteiger partial charge in [-0.05, 0) is 19.3 Å². The zero-order valence-electron chi connectivity index (χ0n) is 13.2. The van der Waals surface area contributed by atoms with E-state index in [-0.39, 0.29) is 24.0 Å². The average Bonchev–Trinajstić information content (AvgIpc) is 3.03. The first kappa shape index (κ1) is 17.4. The van der Waals surface area contributed by atoms with E-state index < -0.39 is 0 Å². The third-order valence-electron chi connectivity index (χ3n) is 4.00. The zero-order valence-corrected chi connectivity index (χ0v) is 14.0. The second kappa shape index (κ2) is 9.25. The van der Waals surface area contributed by atoms with E-state index in [1.54, 1.807) is 0 Å². The Bertz CT molecular complexity index is 381. The van der Waals surface area contributed by atoms with Crippen molar-refractivity contribution in [3.8, 4) is 0 Å². The molecule has 0 spiro atoms. The minimum absolute atomic E-state index is 0.0371. The highest BCUT2D eigenvalue weighted by Gasteiger charge is 2.42. The fourth-order valence-corrected chi connectivity index (χ4v) is 4.42. The van der Waals surface area contributed by atoms with Crippen LogP contribution in [-0.4, -0.2) is 54.8 Å². The maximum absolute atomic E-state index is 11.7. The van der Waals surface area contributed by atoms with Gasteiger partial charge in [0.25, 0.3) is 0 Å². The van der Waals surface area contributed by atoms with Gasteiger partial charge in [0.05, 0.1) is 18.7 Å². The van der Waals surface area contributed by atoms with Crippen LogP contribution >= 0.6 is 11.8 Å². The molecule has 0 aromatic carbocycles. The summed E-state index contributed by atoms with van der Waals surface area (Å²) in [4.78, 5) is 23.0. The largest absolute Gasteiger partial charge is 0.380 e. The molecule has 2 aliphatic rings. The molecule has 126 valence electrons. The number of hydrogen-bond acceptors (Lipinski definition) is 4. The van der Waals surface area contributed by atoms with Gasteiger partial charge in [-0.1, -0.05) is 13.3 Å². The lowest BCUT2D eigenvalue weighted by Gasteiger charge is -2.16. The molecule has 2 saturated heterocycles. The van der Waals surface area contributed by atoms with Crippen LogP contribution in [0.25, 0.3) is 0 Å². The Labute approximate surface area is 136 Å². The number of unbranched alkanes of at least 4 members (excludes halogenated alkanes) is 1. The van der Waals surface area contributed by atoms with Gasteiger partial charge in [0.15, 0.2) is 0 Å². The van der Waals surface area contributed by atoms with Gasteiger partial charge in [0.1, 0.15) is 0 Å². The summed E-state index contributed by atoms with van der Waals surface area (Å²) in [6.07, 6.45) is 4.56. The van der Waals surface area contributed by atoms with Crippen molar-refractivity contribution in [1.29, 1.82) is 0 Å². The minimum atomic E-state index is -0.0371. The SMILES string of the molecule is CCCOCCNC(=O)CCCCC1SCC2NC(=O)NC21. The summed E-state index contributed by atoms with van der Waals surface area (Å²) in [6.45, 7) is 4.01. The summed E-state index contributed by atoms with van der Waals surface area (Å²) >= 11 is 1.92. The van der Waals surface area contributed by atoms with E-state index in [1.807, 2.05) is 11.8 Å². The van der Waals surface area contributed by atoms with Crippen molar-refractivity contribution in [2.75, 3.05) is 25.5 Å². The van der Waals surface area contributed by atoms with Crippen LogP contribution in [0, 0.1) is 0 Å². The quantitative estimate of drug-likeness (QED) is 0.416. The molecule has 2 rings (SSSR count). The number of thioether (sulfide) groups is 1. The van der Waals surface area contributed by atoms with Crippen molar-refractivity contribution in [1.82, 2.24) is 16.0 Å². The molecule has 2 fully saturated rings. The van der Waals surface area contributed by atoms with Crippen molar-refractivity contribution < 1.29 is 14.3 Å². The van der Waals surface area contributed by atoms with Crippen LogP contribution in [0.3, 0.4) is 0 Å². The van der Waals surface area contributed by atoms with E-state index in [4.69, 9.17) is 4.74 Å². The third-order valence-corrected chi connectivity index (χ3v) is 5.51. The van der Waals surface area contributed by atoms with Gasteiger partial charge < -0.3 is 20.7 Å². The van der Waals surface area contributed by atoms with Crippen molar-refractivity contribution in [3.05, 3.63) is 0 Å². The van der Waals surface area contributed by atoms with Gasteiger partial charge in [-0.3, -0.25) is 4.79 Å². The minimum Gasteiger partial charge on any atom is -0.380 e. The number of nitrogens with one attached hydrogen (secondary N) is 3. The monoisotopic (exact) mass is 329 g/mol. The van der Waals surface area contributed by atoms with Crippen LogP contribution in [0.2, 0.25) is 0 Å². The van der Waals surface area contributed by atoms with Gasteiger partial charge >= 0.3 is 6.03 Å². The zero-order chi connectivity index (χ0) is 15.8. The molecule has 0 aliphatic carbocycles. The van der Waals surface area contributed by atoms with Crippen LogP contribution < -0.4 is 16.0 Å². The molecule has 2 heterocycles. The number of rotatable bonds is 10. The molecule has 0 aromatic rings. The van der Waals surface area contributed by atoms with E-state index >= 15 is 0 Å². The fraction of sp³-hybridized carbons (Fsp3) is 0.867. The van der Waals surface area contributed by atoms with E-state index in [9.17, 15) is 9.59 Å². The summed E-state index contributed by atoms with van der Waals surface area (Å²) in [5, 5.41) is 9.30.